The first kappa shape index (κ1) is 17.0. The van der Waals surface area contributed by atoms with Crippen molar-refractivity contribution >= 4 is 17.8 Å². The van der Waals surface area contributed by atoms with Crippen LogP contribution >= 0.6 is 0 Å². The normalized spacial score (nSPS) is 15.0. The van der Waals surface area contributed by atoms with Crippen molar-refractivity contribution in [2.24, 2.45) is 0 Å². The Labute approximate surface area is 135 Å². The van der Waals surface area contributed by atoms with Crippen molar-refractivity contribution in [2.75, 3.05) is 44.2 Å². The molecule has 1 N–H and O–H groups in total. The van der Waals surface area contributed by atoms with Crippen LogP contribution in [0.5, 0.6) is 0 Å². The van der Waals surface area contributed by atoms with E-state index in [0.29, 0.717) is 44.3 Å². The van der Waals surface area contributed by atoms with E-state index in [-0.39, 0.29) is 12.0 Å². The van der Waals surface area contributed by atoms with Crippen molar-refractivity contribution in [3.05, 3.63) is 17.8 Å². The second-order valence-corrected chi connectivity index (χ2v) is 5.16. The molecule has 0 radical (unpaired) electrons. The van der Waals surface area contributed by atoms with Crippen LogP contribution in [0.3, 0.4) is 0 Å². The zero-order valence-corrected chi connectivity index (χ0v) is 13.6. The second kappa shape index (κ2) is 8.30. The van der Waals surface area contributed by atoms with Gasteiger partial charge in [0, 0.05) is 32.7 Å². The third-order valence-corrected chi connectivity index (χ3v) is 3.57. The maximum atomic E-state index is 11.8. The van der Waals surface area contributed by atoms with E-state index in [4.69, 9.17) is 4.74 Å². The predicted molar refractivity (Wildman–Crippen MR) is 85.5 cm³/mol. The number of carbonyl (C=O) groups is 2. The van der Waals surface area contributed by atoms with Crippen LogP contribution in [0.1, 0.15) is 30.8 Å². The second-order valence-electron chi connectivity index (χ2n) is 5.16. The Morgan fingerprint density at radius 3 is 2.65 bits per heavy atom. The van der Waals surface area contributed by atoms with Gasteiger partial charge >= 0.3 is 6.09 Å². The van der Waals surface area contributed by atoms with Gasteiger partial charge in [0.15, 0.2) is 11.5 Å². The molecular weight excluding hydrogens is 298 g/mol. The lowest BCUT2D eigenvalue weighted by Crippen LogP contribution is -2.35. The summed E-state index contributed by atoms with van der Waals surface area (Å²) >= 11 is 0. The Hall–Kier alpha value is -2.38. The van der Waals surface area contributed by atoms with Gasteiger partial charge in [0.2, 0.25) is 0 Å². The molecule has 8 nitrogen and oxygen atoms in total. The molecule has 2 heterocycles. The molecule has 0 saturated carbocycles. The minimum atomic E-state index is -0.271. The number of nitrogens with one attached hydrogen (secondary N) is 1. The molecular formula is C15H23N5O3. The van der Waals surface area contributed by atoms with Gasteiger partial charge in [0.05, 0.1) is 6.61 Å². The zero-order chi connectivity index (χ0) is 16.7. The van der Waals surface area contributed by atoms with Gasteiger partial charge in [-0.2, -0.15) is 0 Å². The van der Waals surface area contributed by atoms with Crippen LogP contribution in [0.2, 0.25) is 0 Å². The summed E-state index contributed by atoms with van der Waals surface area (Å²) in [5, 5.41) is 10.8. The monoisotopic (exact) mass is 321 g/mol. The van der Waals surface area contributed by atoms with E-state index in [1.807, 2.05) is 6.92 Å². The molecule has 23 heavy (non-hydrogen) atoms. The van der Waals surface area contributed by atoms with Crippen molar-refractivity contribution < 1.29 is 14.3 Å². The Morgan fingerprint density at radius 2 is 2.00 bits per heavy atom. The molecule has 2 rings (SSSR count). The number of ether oxygens (including phenoxy) is 1. The van der Waals surface area contributed by atoms with Crippen molar-refractivity contribution in [1.82, 2.24) is 20.4 Å². The fraction of sp³-hybridized carbons (Fsp3) is 0.600. The summed E-state index contributed by atoms with van der Waals surface area (Å²) in [4.78, 5) is 27.2. The van der Waals surface area contributed by atoms with E-state index in [0.717, 1.165) is 13.0 Å². The van der Waals surface area contributed by atoms with E-state index in [1.54, 1.807) is 24.0 Å². The van der Waals surface area contributed by atoms with Crippen LogP contribution in [0.15, 0.2) is 12.1 Å². The molecule has 0 unspecified atom stereocenters. The van der Waals surface area contributed by atoms with Crippen LogP contribution in [-0.2, 0) is 4.74 Å². The van der Waals surface area contributed by atoms with Gasteiger partial charge in [0.1, 0.15) is 0 Å². The van der Waals surface area contributed by atoms with Crippen molar-refractivity contribution in [3.8, 4) is 0 Å². The first-order valence-electron chi connectivity index (χ1n) is 7.94. The zero-order valence-electron chi connectivity index (χ0n) is 13.6. The molecule has 2 amide bonds. The molecule has 0 aliphatic carbocycles. The van der Waals surface area contributed by atoms with Crippen LogP contribution in [-0.4, -0.2) is 66.4 Å². The van der Waals surface area contributed by atoms with Gasteiger partial charge in [-0.15, -0.1) is 10.2 Å². The number of nitrogens with zero attached hydrogens (tertiary/aromatic N) is 4. The van der Waals surface area contributed by atoms with Gasteiger partial charge in [-0.05, 0) is 32.4 Å². The quantitative estimate of drug-likeness (QED) is 0.886. The molecule has 1 aliphatic heterocycles. The summed E-state index contributed by atoms with van der Waals surface area (Å²) < 4.78 is 5.04. The number of carbonyl (C=O) groups excluding carboxylic acids is 2. The molecule has 126 valence electrons. The highest BCUT2D eigenvalue weighted by Crippen LogP contribution is 2.13. The van der Waals surface area contributed by atoms with Crippen LogP contribution in [0.4, 0.5) is 10.6 Å². The van der Waals surface area contributed by atoms with Gasteiger partial charge in [0.25, 0.3) is 5.91 Å². The smallest absolute Gasteiger partial charge is 0.409 e. The van der Waals surface area contributed by atoms with Gasteiger partial charge in [-0.25, -0.2) is 4.79 Å². The molecule has 0 aromatic carbocycles. The Bertz CT molecular complexity index is 534. The topological polar surface area (TPSA) is 87.7 Å². The molecule has 8 heteroatoms. The van der Waals surface area contributed by atoms with Crippen LogP contribution in [0.25, 0.3) is 0 Å². The van der Waals surface area contributed by atoms with Crippen molar-refractivity contribution in [2.45, 2.75) is 20.3 Å². The van der Waals surface area contributed by atoms with Crippen molar-refractivity contribution in [3.63, 3.8) is 0 Å². The molecule has 0 atom stereocenters. The summed E-state index contributed by atoms with van der Waals surface area (Å²) in [7, 11) is 0. The van der Waals surface area contributed by atoms with Gasteiger partial charge in [-0.1, -0.05) is 0 Å². The SMILES string of the molecule is CCNC(=O)c1ccc(N2CCCN(C(=O)OCC)CC2)nn1. The Balaban J connectivity index is 1.97. The average molecular weight is 321 g/mol. The molecule has 0 spiro atoms. The van der Waals surface area contributed by atoms with Gasteiger partial charge < -0.3 is 19.9 Å². The van der Waals surface area contributed by atoms with E-state index in [1.165, 1.54) is 0 Å². The fourth-order valence-corrected chi connectivity index (χ4v) is 2.41. The fourth-order valence-electron chi connectivity index (χ4n) is 2.41. The number of hydrogen-bond donors (Lipinski definition) is 1. The Kier molecular flexibility index (Phi) is 6.13. The molecule has 1 aliphatic rings. The lowest BCUT2D eigenvalue weighted by Gasteiger charge is -2.22. The van der Waals surface area contributed by atoms with E-state index < -0.39 is 0 Å². The Morgan fingerprint density at radius 1 is 1.17 bits per heavy atom. The largest absolute Gasteiger partial charge is 0.450 e. The standard InChI is InChI=1S/C15H23N5O3/c1-3-16-14(21)12-6-7-13(18-17-12)19-8-5-9-20(11-10-19)15(22)23-4-2/h6-7H,3-5,8-11H2,1-2H3,(H,16,21). The first-order valence-corrected chi connectivity index (χ1v) is 7.94. The average Bonchev–Trinajstić information content (AvgIpc) is 2.81. The summed E-state index contributed by atoms with van der Waals surface area (Å²) in [5.41, 5.74) is 0.304. The molecule has 1 fully saturated rings. The van der Waals surface area contributed by atoms with E-state index in [2.05, 4.69) is 20.4 Å². The maximum Gasteiger partial charge on any atom is 0.409 e. The number of amides is 2. The summed E-state index contributed by atoms with van der Waals surface area (Å²) in [6.45, 7) is 7.28. The summed E-state index contributed by atoms with van der Waals surface area (Å²) in [6.07, 6.45) is 0.561. The number of aromatic nitrogens is 2. The third-order valence-electron chi connectivity index (χ3n) is 3.57. The van der Waals surface area contributed by atoms with E-state index >= 15 is 0 Å². The molecule has 1 aromatic heterocycles. The minimum Gasteiger partial charge on any atom is -0.450 e. The maximum absolute atomic E-state index is 11.8. The highest BCUT2D eigenvalue weighted by Gasteiger charge is 2.21. The van der Waals surface area contributed by atoms with Crippen LogP contribution in [0, 0.1) is 0 Å². The lowest BCUT2D eigenvalue weighted by atomic mass is 10.3. The third kappa shape index (κ3) is 4.54. The van der Waals surface area contributed by atoms with Crippen LogP contribution < -0.4 is 10.2 Å². The number of hydrogen-bond acceptors (Lipinski definition) is 6. The number of anilines is 1. The highest BCUT2D eigenvalue weighted by atomic mass is 16.6. The molecule has 1 saturated heterocycles. The van der Waals surface area contributed by atoms with Crippen molar-refractivity contribution in [1.29, 1.82) is 0 Å². The summed E-state index contributed by atoms with van der Waals surface area (Å²) in [6, 6.07) is 3.46. The highest BCUT2D eigenvalue weighted by molar-refractivity contribution is 5.92. The molecule has 1 aromatic rings. The van der Waals surface area contributed by atoms with Gasteiger partial charge in [-0.3, -0.25) is 4.79 Å². The summed E-state index contributed by atoms with van der Waals surface area (Å²) in [5.74, 6) is 0.486. The molecule has 0 bridgehead atoms. The van der Waals surface area contributed by atoms with E-state index in [9.17, 15) is 9.59 Å². The lowest BCUT2D eigenvalue weighted by molar-refractivity contribution is 0.0949. The predicted octanol–water partition coefficient (Wildman–Crippen LogP) is 0.895. The minimum absolute atomic E-state index is 0.226. The first-order chi connectivity index (χ1) is 11.2. The number of rotatable bonds is 4.